The van der Waals surface area contributed by atoms with E-state index < -0.39 is 6.04 Å². The molecule has 4 nitrogen and oxygen atoms in total. The van der Waals surface area contributed by atoms with Crippen molar-refractivity contribution in [2.24, 2.45) is 0 Å². The van der Waals surface area contributed by atoms with Crippen molar-refractivity contribution in [3.8, 4) is 12.3 Å². The first-order chi connectivity index (χ1) is 8.74. The molecule has 0 aliphatic rings. The standard InChI is InChI=1S/C14H17NO3/c1-4-9-15-13(14(16)18-3)12-8-6-5-7-11(12)10-17-2/h1,5-8,13,15H,9-10H2,2-3H3. The number of ether oxygens (including phenoxy) is 2. The van der Waals surface area contributed by atoms with Gasteiger partial charge in [0.25, 0.3) is 0 Å². The van der Waals surface area contributed by atoms with Gasteiger partial charge in [-0.1, -0.05) is 30.2 Å². The molecule has 0 aliphatic heterocycles. The van der Waals surface area contributed by atoms with Gasteiger partial charge in [-0.3, -0.25) is 5.32 Å². The Morgan fingerprint density at radius 2 is 2.17 bits per heavy atom. The van der Waals surface area contributed by atoms with Crippen LogP contribution in [0, 0.1) is 12.3 Å². The van der Waals surface area contributed by atoms with E-state index in [2.05, 4.69) is 11.2 Å². The third-order valence-electron chi connectivity index (χ3n) is 2.51. The molecular formula is C14H17NO3. The summed E-state index contributed by atoms with van der Waals surface area (Å²) in [5.41, 5.74) is 1.75. The van der Waals surface area contributed by atoms with Gasteiger partial charge in [0.05, 0.1) is 20.3 Å². The summed E-state index contributed by atoms with van der Waals surface area (Å²) in [4.78, 5) is 11.8. The van der Waals surface area contributed by atoms with E-state index in [-0.39, 0.29) is 5.97 Å². The Morgan fingerprint density at radius 1 is 1.44 bits per heavy atom. The SMILES string of the molecule is C#CCNC(C(=O)OC)c1ccccc1COC. The highest BCUT2D eigenvalue weighted by Gasteiger charge is 2.22. The Hall–Kier alpha value is -1.83. The minimum atomic E-state index is -0.572. The van der Waals surface area contributed by atoms with Crippen LogP contribution in [-0.2, 0) is 20.9 Å². The molecule has 0 radical (unpaired) electrons. The van der Waals surface area contributed by atoms with E-state index in [0.29, 0.717) is 13.2 Å². The highest BCUT2D eigenvalue weighted by Crippen LogP contribution is 2.20. The lowest BCUT2D eigenvalue weighted by Gasteiger charge is -2.18. The first kappa shape index (κ1) is 14.2. The average Bonchev–Trinajstić information content (AvgIpc) is 2.40. The molecule has 1 atom stereocenters. The second kappa shape index (κ2) is 7.49. The number of esters is 1. The number of terminal acetylenes is 1. The van der Waals surface area contributed by atoms with Gasteiger partial charge in [-0.15, -0.1) is 6.42 Å². The van der Waals surface area contributed by atoms with Crippen LogP contribution in [0.1, 0.15) is 17.2 Å². The smallest absolute Gasteiger partial charge is 0.327 e. The highest BCUT2D eigenvalue weighted by atomic mass is 16.5. The summed E-state index contributed by atoms with van der Waals surface area (Å²) >= 11 is 0. The largest absolute Gasteiger partial charge is 0.468 e. The zero-order chi connectivity index (χ0) is 13.4. The predicted octanol–water partition coefficient (Wildman–Crippen LogP) is 1.27. The fraction of sp³-hybridized carbons (Fsp3) is 0.357. The van der Waals surface area contributed by atoms with Crippen LogP contribution >= 0.6 is 0 Å². The molecule has 1 unspecified atom stereocenters. The maximum Gasteiger partial charge on any atom is 0.327 e. The number of hydrogen-bond donors (Lipinski definition) is 1. The van der Waals surface area contributed by atoms with Crippen molar-refractivity contribution in [3.05, 3.63) is 35.4 Å². The lowest BCUT2D eigenvalue weighted by atomic mass is 10.0. The highest BCUT2D eigenvalue weighted by molar-refractivity contribution is 5.78. The molecule has 4 heteroatoms. The number of hydrogen-bond acceptors (Lipinski definition) is 4. The van der Waals surface area contributed by atoms with Crippen LogP contribution in [-0.4, -0.2) is 26.7 Å². The zero-order valence-corrected chi connectivity index (χ0v) is 10.6. The summed E-state index contributed by atoms with van der Waals surface area (Å²) < 4.78 is 9.90. The minimum absolute atomic E-state index is 0.293. The van der Waals surface area contributed by atoms with Gasteiger partial charge in [-0.05, 0) is 11.1 Å². The molecule has 1 rings (SSSR count). The summed E-state index contributed by atoms with van der Waals surface area (Å²) in [6.45, 7) is 0.725. The van der Waals surface area contributed by atoms with E-state index >= 15 is 0 Å². The van der Waals surface area contributed by atoms with Crippen molar-refractivity contribution in [1.29, 1.82) is 0 Å². The molecular weight excluding hydrogens is 230 g/mol. The molecule has 96 valence electrons. The van der Waals surface area contributed by atoms with Crippen LogP contribution in [0.4, 0.5) is 0 Å². The fourth-order valence-corrected chi connectivity index (χ4v) is 1.70. The van der Waals surface area contributed by atoms with Gasteiger partial charge in [-0.25, -0.2) is 4.79 Å². The number of nitrogens with one attached hydrogen (secondary N) is 1. The maximum atomic E-state index is 11.8. The summed E-state index contributed by atoms with van der Waals surface area (Å²) in [6.07, 6.45) is 5.20. The third kappa shape index (κ3) is 3.59. The van der Waals surface area contributed by atoms with E-state index in [4.69, 9.17) is 15.9 Å². The topological polar surface area (TPSA) is 47.6 Å². The van der Waals surface area contributed by atoms with Crippen LogP contribution < -0.4 is 5.32 Å². The first-order valence-electron chi connectivity index (χ1n) is 5.56. The van der Waals surface area contributed by atoms with Crippen molar-refractivity contribution in [3.63, 3.8) is 0 Å². The number of rotatable bonds is 6. The van der Waals surface area contributed by atoms with Crippen LogP contribution in [0.15, 0.2) is 24.3 Å². The van der Waals surface area contributed by atoms with Crippen LogP contribution in [0.2, 0.25) is 0 Å². The number of benzene rings is 1. The van der Waals surface area contributed by atoms with Crippen molar-refractivity contribution in [2.75, 3.05) is 20.8 Å². The van der Waals surface area contributed by atoms with E-state index in [1.807, 2.05) is 24.3 Å². The predicted molar refractivity (Wildman–Crippen MR) is 68.7 cm³/mol. The Bertz CT molecular complexity index is 437. The third-order valence-corrected chi connectivity index (χ3v) is 2.51. The second-order valence-electron chi connectivity index (χ2n) is 3.67. The Morgan fingerprint density at radius 3 is 2.78 bits per heavy atom. The molecule has 0 spiro atoms. The molecule has 1 aromatic rings. The molecule has 0 saturated carbocycles. The molecule has 0 saturated heterocycles. The summed E-state index contributed by atoms with van der Waals surface area (Å²) in [5.74, 6) is 2.08. The van der Waals surface area contributed by atoms with Crippen LogP contribution in [0.25, 0.3) is 0 Å². The van der Waals surface area contributed by atoms with Crippen molar-refractivity contribution >= 4 is 5.97 Å². The Labute approximate surface area is 107 Å². The quantitative estimate of drug-likeness (QED) is 0.607. The Kier molecular flexibility index (Phi) is 5.92. The van der Waals surface area contributed by atoms with Crippen molar-refractivity contribution in [2.45, 2.75) is 12.6 Å². The molecule has 0 aliphatic carbocycles. The van der Waals surface area contributed by atoms with Gasteiger partial charge in [0.2, 0.25) is 0 Å². The van der Waals surface area contributed by atoms with Gasteiger partial charge < -0.3 is 9.47 Å². The lowest BCUT2D eigenvalue weighted by Crippen LogP contribution is -2.30. The van der Waals surface area contributed by atoms with Gasteiger partial charge in [0.1, 0.15) is 6.04 Å². The Balaban J connectivity index is 3.04. The van der Waals surface area contributed by atoms with Crippen LogP contribution in [0.3, 0.4) is 0 Å². The summed E-state index contributed by atoms with van der Waals surface area (Å²) in [5, 5.41) is 2.97. The van der Waals surface area contributed by atoms with Gasteiger partial charge in [0, 0.05) is 7.11 Å². The van der Waals surface area contributed by atoms with E-state index in [1.165, 1.54) is 7.11 Å². The fourth-order valence-electron chi connectivity index (χ4n) is 1.70. The van der Waals surface area contributed by atoms with E-state index in [1.54, 1.807) is 7.11 Å². The molecule has 0 bridgehead atoms. The molecule has 0 fully saturated rings. The molecule has 0 heterocycles. The van der Waals surface area contributed by atoms with Crippen molar-refractivity contribution in [1.82, 2.24) is 5.32 Å². The normalized spacial score (nSPS) is 11.6. The summed E-state index contributed by atoms with van der Waals surface area (Å²) in [6, 6.07) is 6.96. The molecule has 0 amide bonds. The molecule has 1 aromatic carbocycles. The maximum absolute atomic E-state index is 11.8. The van der Waals surface area contributed by atoms with Gasteiger partial charge in [0.15, 0.2) is 0 Å². The number of carbonyl (C=O) groups excluding carboxylic acids is 1. The molecule has 18 heavy (non-hydrogen) atoms. The van der Waals surface area contributed by atoms with E-state index in [9.17, 15) is 4.79 Å². The zero-order valence-electron chi connectivity index (χ0n) is 10.6. The average molecular weight is 247 g/mol. The monoisotopic (exact) mass is 247 g/mol. The number of methoxy groups -OCH3 is 2. The molecule has 1 N–H and O–H groups in total. The second-order valence-corrected chi connectivity index (χ2v) is 3.67. The summed E-state index contributed by atoms with van der Waals surface area (Å²) in [7, 11) is 2.96. The van der Waals surface area contributed by atoms with Crippen molar-refractivity contribution < 1.29 is 14.3 Å². The molecule has 0 aromatic heterocycles. The van der Waals surface area contributed by atoms with Gasteiger partial charge >= 0.3 is 5.97 Å². The minimum Gasteiger partial charge on any atom is -0.468 e. The number of carbonyl (C=O) groups is 1. The van der Waals surface area contributed by atoms with Gasteiger partial charge in [-0.2, -0.15) is 0 Å². The first-order valence-corrected chi connectivity index (χ1v) is 5.56. The van der Waals surface area contributed by atoms with Crippen LogP contribution in [0.5, 0.6) is 0 Å². The lowest BCUT2D eigenvalue weighted by molar-refractivity contribution is -0.143. The van der Waals surface area contributed by atoms with E-state index in [0.717, 1.165) is 11.1 Å².